The van der Waals surface area contributed by atoms with Gasteiger partial charge in [-0.25, -0.2) is 0 Å². The molecule has 0 spiro atoms. The summed E-state index contributed by atoms with van der Waals surface area (Å²) in [7, 11) is 0. The zero-order chi connectivity index (χ0) is 20.9. The van der Waals surface area contributed by atoms with Crippen molar-refractivity contribution in [1.82, 2.24) is 0 Å². The van der Waals surface area contributed by atoms with Gasteiger partial charge in [-0.3, -0.25) is 9.59 Å². The lowest BCUT2D eigenvalue weighted by Gasteiger charge is -2.12. The van der Waals surface area contributed by atoms with Gasteiger partial charge in [-0.05, 0) is 19.8 Å². The number of carbonyl (C=O) groups excluding carboxylic acids is 2. The van der Waals surface area contributed by atoms with Crippen molar-refractivity contribution in [2.24, 2.45) is 5.92 Å². The Morgan fingerprint density at radius 1 is 0.571 bits per heavy atom. The largest absolute Gasteiger partial charge is 0.463 e. The molecule has 0 atom stereocenters. The zero-order valence-electron chi connectivity index (χ0n) is 17.7. The van der Waals surface area contributed by atoms with Crippen molar-refractivity contribution in [3.8, 4) is 0 Å². The molecule has 0 radical (unpaired) electrons. The maximum Gasteiger partial charge on any atom is 0.320 e. The highest BCUT2D eigenvalue weighted by atomic mass is 16.6. The van der Waals surface area contributed by atoms with Gasteiger partial charge in [-0.15, -0.1) is 0 Å². The highest BCUT2D eigenvalue weighted by Crippen LogP contribution is 2.02. The molecule has 0 aliphatic rings. The highest BCUT2D eigenvalue weighted by Gasteiger charge is 2.24. The van der Waals surface area contributed by atoms with Gasteiger partial charge in [0, 0.05) is 13.2 Å². The fraction of sp³-hybridized carbons (Fsp3) is 0.900. The average Bonchev–Trinajstić information content (AvgIpc) is 2.70. The van der Waals surface area contributed by atoms with Gasteiger partial charge in [0.1, 0.15) is 13.2 Å². The molecule has 0 unspecified atom stereocenters. The molecular weight excluding hydrogens is 368 g/mol. The van der Waals surface area contributed by atoms with Crippen molar-refractivity contribution in [2.45, 2.75) is 46.5 Å². The summed E-state index contributed by atoms with van der Waals surface area (Å²) in [6.07, 6.45) is 4.26. The first kappa shape index (κ1) is 26.8. The number of hydrogen-bond acceptors (Lipinski definition) is 8. The minimum atomic E-state index is -0.977. The van der Waals surface area contributed by atoms with E-state index in [9.17, 15) is 9.59 Å². The fourth-order valence-corrected chi connectivity index (χ4v) is 1.89. The number of unbranched alkanes of at least 4 members (excludes halogenated alkanes) is 2. The molecule has 0 N–H and O–H groups in total. The summed E-state index contributed by atoms with van der Waals surface area (Å²) >= 11 is 0. The Kier molecular flexibility index (Phi) is 19.6. The van der Waals surface area contributed by atoms with E-state index < -0.39 is 17.9 Å². The Balaban J connectivity index is 3.52. The first-order chi connectivity index (χ1) is 13.6. The molecule has 0 aromatic rings. The van der Waals surface area contributed by atoms with E-state index in [2.05, 4.69) is 13.8 Å². The van der Waals surface area contributed by atoms with Crippen LogP contribution in [-0.2, 0) is 38.0 Å². The normalized spacial score (nSPS) is 11.0. The number of hydrogen-bond donors (Lipinski definition) is 0. The van der Waals surface area contributed by atoms with Crippen molar-refractivity contribution in [1.29, 1.82) is 0 Å². The molecule has 0 saturated heterocycles. The van der Waals surface area contributed by atoms with Crippen LogP contribution in [0.1, 0.15) is 46.5 Å². The smallest absolute Gasteiger partial charge is 0.320 e. The van der Waals surface area contributed by atoms with E-state index in [0.29, 0.717) is 26.4 Å². The molecule has 166 valence electrons. The summed E-state index contributed by atoms with van der Waals surface area (Å²) in [4.78, 5) is 23.6. The third-order valence-electron chi connectivity index (χ3n) is 3.68. The number of esters is 2. The second-order valence-corrected chi connectivity index (χ2v) is 6.21. The minimum Gasteiger partial charge on any atom is -0.463 e. The maximum absolute atomic E-state index is 11.8. The second kappa shape index (κ2) is 20.5. The van der Waals surface area contributed by atoms with Crippen LogP contribution >= 0.6 is 0 Å². The highest BCUT2D eigenvalue weighted by molar-refractivity contribution is 5.94. The number of rotatable bonds is 20. The van der Waals surface area contributed by atoms with E-state index in [1.165, 1.54) is 6.92 Å². The number of ether oxygens (including phenoxy) is 6. The van der Waals surface area contributed by atoms with E-state index in [-0.39, 0.29) is 26.4 Å². The Morgan fingerprint density at radius 2 is 0.893 bits per heavy atom. The Labute approximate surface area is 169 Å². The quantitative estimate of drug-likeness (QED) is 0.173. The molecule has 0 rings (SSSR count). The second-order valence-electron chi connectivity index (χ2n) is 6.21. The number of carbonyl (C=O) groups is 2. The van der Waals surface area contributed by atoms with Crippen molar-refractivity contribution < 1.29 is 38.0 Å². The average molecular weight is 407 g/mol. The molecule has 8 heteroatoms. The summed E-state index contributed by atoms with van der Waals surface area (Å²) in [5.41, 5.74) is 0. The monoisotopic (exact) mass is 406 g/mol. The van der Waals surface area contributed by atoms with E-state index in [0.717, 1.165) is 38.9 Å². The lowest BCUT2D eigenvalue weighted by atomic mass is 10.2. The first-order valence-electron chi connectivity index (χ1n) is 10.3. The maximum atomic E-state index is 11.8. The van der Waals surface area contributed by atoms with Crippen LogP contribution in [0.3, 0.4) is 0 Å². The van der Waals surface area contributed by atoms with Gasteiger partial charge >= 0.3 is 11.9 Å². The van der Waals surface area contributed by atoms with Crippen LogP contribution < -0.4 is 0 Å². The standard InChI is InChI=1S/C20H38O8/c1-4-6-8-23-10-12-25-14-16-27-19(21)18(3)20(22)28-17-15-26-13-11-24-9-7-5-2/h18H,4-17H2,1-3H3. The van der Waals surface area contributed by atoms with Crippen LogP contribution in [0.15, 0.2) is 0 Å². The molecule has 28 heavy (non-hydrogen) atoms. The van der Waals surface area contributed by atoms with E-state index in [1.807, 2.05) is 0 Å². The lowest BCUT2D eigenvalue weighted by Crippen LogP contribution is -2.27. The summed E-state index contributed by atoms with van der Waals surface area (Å²) in [6, 6.07) is 0. The minimum absolute atomic E-state index is 0.0898. The van der Waals surface area contributed by atoms with E-state index in [4.69, 9.17) is 28.4 Å². The summed E-state index contributed by atoms with van der Waals surface area (Å²) < 4.78 is 31.3. The van der Waals surface area contributed by atoms with Crippen molar-refractivity contribution in [3.63, 3.8) is 0 Å². The Bertz CT molecular complexity index is 341. The van der Waals surface area contributed by atoms with Gasteiger partial charge < -0.3 is 28.4 Å². The van der Waals surface area contributed by atoms with Crippen LogP contribution in [0.5, 0.6) is 0 Å². The molecule has 0 aliphatic heterocycles. The van der Waals surface area contributed by atoms with Crippen LogP contribution in [-0.4, -0.2) is 78.0 Å². The zero-order valence-corrected chi connectivity index (χ0v) is 17.7. The SMILES string of the molecule is CCCCOCCOCCOC(=O)C(C)C(=O)OCCOCCOCCCC. The summed E-state index contributed by atoms with van der Waals surface area (Å²) in [5.74, 6) is -2.23. The molecule has 0 heterocycles. The lowest BCUT2D eigenvalue weighted by molar-refractivity contribution is -0.163. The predicted octanol–water partition coefficient (Wildman–Crippen LogP) is 2.38. The Morgan fingerprint density at radius 3 is 1.25 bits per heavy atom. The molecule has 0 aliphatic carbocycles. The molecule has 0 amide bonds. The fourth-order valence-electron chi connectivity index (χ4n) is 1.89. The third-order valence-corrected chi connectivity index (χ3v) is 3.68. The Hall–Kier alpha value is -1.22. The van der Waals surface area contributed by atoms with Crippen LogP contribution in [0.2, 0.25) is 0 Å². The summed E-state index contributed by atoms with van der Waals surface area (Å²) in [5, 5.41) is 0. The summed E-state index contributed by atoms with van der Waals surface area (Å²) in [6.45, 7) is 9.75. The molecular formula is C20H38O8. The topological polar surface area (TPSA) is 89.5 Å². The van der Waals surface area contributed by atoms with Crippen molar-refractivity contribution in [2.75, 3.05) is 66.1 Å². The molecule has 0 aromatic heterocycles. The molecule has 0 fully saturated rings. The van der Waals surface area contributed by atoms with Crippen LogP contribution in [0, 0.1) is 5.92 Å². The van der Waals surface area contributed by atoms with Gasteiger partial charge in [0.05, 0.1) is 39.6 Å². The van der Waals surface area contributed by atoms with Crippen molar-refractivity contribution >= 4 is 11.9 Å². The third kappa shape index (κ3) is 16.9. The molecule has 8 nitrogen and oxygen atoms in total. The van der Waals surface area contributed by atoms with Crippen LogP contribution in [0.25, 0.3) is 0 Å². The van der Waals surface area contributed by atoms with Crippen LogP contribution in [0.4, 0.5) is 0 Å². The van der Waals surface area contributed by atoms with Gasteiger partial charge in [-0.1, -0.05) is 26.7 Å². The van der Waals surface area contributed by atoms with E-state index >= 15 is 0 Å². The molecule has 0 bridgehead atoms. The van der Waals surface area contributed by atoms with E-state index in [1.54, 1.807) is 0 Å². The van der Waals surface area contributed by atoms with Gasteiger partial charge in [0.25, 0.3) is 0 Å². The molecule has 0 aromatic carbocycles. The molecule has 0 saturated carbocycles. The van der Waals surface area contributed by atoms with Gasteiger partial charge in [0.2, 0.25) is 0 Å². The van der Waals surface area contributed by atoms with Crippen molar-refractivity contribution in [3.05, 3.63) is 0 Å². The van der Waals surface area contributed by atoms with Gasteiger partial charge in [0.15, 0.2) is 5.92 Å². The predicted molar refractivity (Wildman–Crippen MR) is 104 cm³/mol. The van der Waals surface area contributed by atoms with Gasteiger partial charge in [-0.2, -0.15) is 0 Å². The first-order valence-corrected chi connectivity index (χ1v) is 10.3.